The van der Waals surface area contributed by atoms with Crippen molar-refractivity contribution in [2.45, 2.75) is 13.3 Å². The molecular formula is C11H11FN2S. The molecule has 0 aliphatic carbocycles. The van der Waals surface area contributed by atoms with Crippen LogP contribution in [-0.2, 0) is 6.42 Å². The molecule has 1 aromatic carbocycles. The molecule has 0 aliphatic rings. The standard InChI is InChI=1S/C11H11FN2S/c1-7-11(13)14-10(15-7)6-8-2-4-9(12)5-3-8/h2-5H,6,13H2,1H3. The minimum absolute atomic E-state index is 0.214. The van der Waals surface area contributed by atoms with E-state index in [1.54, 1.807) is 23.5 Å². The lowest BCUT2D eigenvalue weighted by Gasteiger charge is -1.96. The molecule has 0 fully saturated rings. The minimum atomic E-state index is -0.214. The topological polar surface area (TPSA) is 38.9 Å². The van der Waals surface area contributed by atoms with Crippen molar-refractivity contribution < 1.29 is 4.39 Å². The molecule has 0 saturated carbocycles. The van der Waals surface area contributed by atoms with Crippen LogP contribution in [0.25, 0.3) is 0 Å². The summed E-state index contributed by atoms with van der Waals surface area (Å²) in [5, 5.41) is 0.969. The average molecular weight is 222 g/mol. The number of thiazole rings is 1. The van der Waals surface area contributed by atoms with Crippen molar-refractivity contribution in [3.8, 4) is 0 Å². The first-order valence-electron chi connectivity index (χ1n) is 4.61. The highest BCUT2D eigenvalue weighted by Gasteiger charge is 2.05. The highest BCUT2D eigenvalue weighted by molar-refractivity contribution is 7.12. The zero-order valence-electron chi connectivity index (χ0n) is 8.33. The largest absolute Gasteiger partial charge is 0.383 e. The van der Waals surface area contributed by atoms with E-state index in [1.165, 1.54) is 12.1 Å². The molecule has 0 spiro atoms. The molecule has 4 heteroatoms. The van der Waals surface area contributed by atoms with Crippen LogP contribution >= 0.6 is 11.3 Å². The van der Waals surface area contributed by atoms with Gasteiger partial charge in [0.2, 0.25) is 0 Å². The number of hydrogen-bond acceptors (Lipinski definition) is 3. The second-order valence-electron chi connectivity index (χ2n) is 3.35. The van der Waals surface area contributed by atoms with Gasteiger partial charge in [-0.3, -0.25) is 0 Å². The van der Waals surface area contributed by atoms with E-state index < -0.39 is 0 Å². The predicted molar refractivity (Wildman–Crippen MR) is 60.5 cm³/mol. The molecule has 15 heavy (non-hydrogen) atoms. The summed E-state index contributed by atoms with van der Waals surface area (Å²) in [6.45, 7) is 1.95. The van der Waals surface area contributed by atoms with E-state index in [0.29, 0.717) is 12.2 Å². The number of benzene rings is 1. The van der Waals surface area contributed by atoms with E-state index in [2.05, 4.69) is 4.98 Å². The summed E-state index contributed by atoms with van der Waals surface area (Å²) in [4.78, 5) is 5.26. The van der Waals surface area contributed by atoms with Gasteiger partial charge in [-0.15, -0.1) is 11.3 Å². The number of halogens is 1. The summed E-state index contributed by atoms with van der Waals surface area (Å²) in [5.74, 6) is 0.380. The van der Waals surface area contributed by atoms with E-state index in [0.717, 1.165) is 15.4 Å². The van der Waals surface area contributed by atoms with Gasteiger partial charge in [0, 0.05) is 11.3 Å². The van der Waals surface area contributed by atoms with Gasteiger partial charge in [-0.05, 0) is 24.6 Å². The van der Waals surface area contributed by atoms with Gasteiger partial charge in [0.05, 0.1) is 5.01 Å². The van der Waals surface area contributed by atoms with Crippen molar-refractivity contribution in [2.24, 2.45) is 0 Å². The molecule has 0 radical (unpaired) electrons. The molecule has 0 unspecified atom stereocenters. The van der Waals surface area contributed by atoms with Crippen LogP contribution in [0.2, 0.25) is 0 Å². The van der Waals surface area contributed by atoms with Gasteiger partial charge in [0.25, 0.3) is 0 Å². The Morgan fingerprint density at radius 3 is 2.53 bits per heavy atom. The summed E-state index contributed by atoms with van der Waals surface area (Å²) in [5.41, 5.74) is 6.70. The summed E-state index contributed by atoms with van der Waals surface area (Å²) in [7, 11) is 0. The maximum atomic E-state index is 12.7. The highest BCUT2D eigenvalue weighted by atomic mass is 32.1. The van der Waals surface area contributed by atoms with Crippen LogP contribution in [0, 0.1) is 12.7 Å². The van der Waals surface area contributed by atoms with Crippen LogP contribution < -0.4 is 5.73 Å². The molecule has 0 aliphatic heterocycles. The Hall–Kier alpha value is -1.42. The fourth-order valence-electron chi connectivity index (χ4n) is 1.32. The number of aromatic nitrogens is 1. The second-order valence-corrected chi connectivity index (χ2v) is 4.64. The third kappa shape index (κ3) is 2.33. The lowest BCUT2D eigenvalue weighted by molar-refractivity contribution is 0.627. The maximum Gasteiger partial charge on any atom is 0.137 e. The summed E-state index contributed by atoms with van der Waals surface area (Å²) in [6, 6.07) is 6.45. The number of anilines is 1. The van der Waals surface area contributed by atoms with E-state index in [1.807, 2.05) is 6.92 Å². The first-order valence-corrected chi connectivity index (χ1v) is 5.43. The third-order valence-electron chi connectivity index (χ3n) is 2.15. The smallest absolute Gasteiger partial charge is 0.137 e. The number of hydrogen-bond donors (Lipinski definition) is 1. The number of aryl methyl sites for hydroxylation is 1. The van der Waals surface area contributed by atoms with Gasteiger partial charge in [0.15, 0.2) is 0 Å². The Labute approximate surface area is 91.6 Å². The van der Waals surface area contributed by atoms with Crippen molar-refractivity contribution in [3.05, 3.63) is 45.5 Å². The normalized spacial score (nSPS) is 10.5. The lowest BCUT2D eigenvalue weighted by Crippen LogP contribution is -1.90. The number of nitrogen functional groups attached to an aromatic ring is 1. The van der Waals surface area contributed by atoms with Gasteiger partial charge in [-0.2, -0.15) is 0 Å². The van der Waals surface area contributed by atoms with Crippen LogP contribution in [0.3, 0.4) is 0 Å². The van der Waals surface area contributed by atoms with Gasteiger partial charge in [-0.25, -0.2) is 9.37 Å². The van der Waals surface area contributed by atoms with Gasteiger partial charge < -0.3 is 5.73 Å². The van der Waals surface area contributed by atoms with Crippen molar-refractivity contribution >= 4 is 17.2 Å². The average Bonchev–Trinajstić information content (AvgIpc) is 2.50. The lowest BCUT2D eigenvalue weighted by atomic mass is 10.2. The van der Waals surface area contributed by atoms with Gasteiger partial charge in [0.1, 0.15) is 11.6 Å². The Balaban J connectivity index is 2.18. The quantitative estimate of drug-likeness (QED) is 0.848. The monoisotopic (exact) mass is 222 g/mol. The van der Waals surface area contributed by atoms with Crippen LogP contribution in [0.4, 0.5) is 10.2 Å². The minimum Gasteiger partial charge on any atom is -0.383 e. The highest BCUT2D eigenvalue weighted by Crippen LogP contribution is 2.21. The van der Waals surface area contributed by atoms with Gasteiger partial charge in [-0.1, -0.05) is 12.1 Å². The van der Waals surface area contributed by atoms with E-state index in [9.17, 15) is 4.39 Å². The fourth-order valence-corrected chi connectivity index (χ4v) is 2.20. The van der Waals surface area contributed by atoms with Crippen LogP contribution in [0.1, 0.15) is 15.4 Å². The van der Waals surface area contributed by atoms with Crippen molar-refractivity contribution in [2.75, 3.05) is 5.73 Å². The van der Waals surface area contributed by atoms with E-state index >= 15 is 0 Å². The Bertz CT molecular complexity index is 442. The van der Waals surface area contributed by atoms with Crippen LogP contribution in [0.15, 0.2) is 24.3 Å². The molecule has 2 rings (SSSR count). The first-order chi connectivity index (χ1) is 7.15. The van der Waals surface area contributed by atoms with E-state index in [4.69, 9.17) is 5.73 Å². The van der Waals surface area contributed by atoms with E-state index in [-0.39, 0.29) is 5.82 Å². The summed E-state index contributed by atoms with van der Waals surface area (Å²) in [6.07, 6.45) is 0.711. The van der Waals surface area contributed by atoms with Gasteiger partial charge >= 0.3 is 0 Å². The maximum absolute atomic E-state index is 12.7. The molecule has 2 nitrogen and oxygen atoms in total. The van der Waals surface area contributed by atoms with Crippen molar-refractivity contribution in [1.82, 2.24) is 4.98 Å². The Kier molecular flexibility index (Phi) is 2.68. The number of rotatable bonds is 2. The molecule has 0 amide bonds. The predicted octanol–water partition coefficient (Wildman–Crippen LogP) is 2.76. The molecule has 0 saturated heterocycles. The summed E-state index contributed by atoms with van der Waals surface area (Å²) < 4.78 is 12.7. The Morgan fingerprint density at radius 1 is 1.33 bits per heavy atom. The summed E-state index contributed by atoms with van der Waals surface area (Å²) >= 11 is 1.58. The zero-order valence-corrected chi connectivity index (χ0v) is 9.14. The zero-order chi connectivity index (χ0) is 10.8. The van der Waals surface area contributed by atoms with Crippen molar-refractivity contribution in [1.29, 1.82) is 0 Å². The first kappa shape index (κ1) is 10.1. The Morgan fingerprint density at radius 2 is 2.00 bits per heavy atom. The molecular weight excluding hydrogens is 211 g/mol. The third-order valence-corrected chi connectivity index (χ3v) is 3.13. The molecule has 0 bridgehead atoms. The molecule has 2 N–H and O–H groups in total. The molecule has 2 aromatic rings. The van der Waals surface area contributed by atoms with Crippen LogP contribution in [-0.4, -0.2) is 4.98 Å². The van der Waals surface area contributed by atoms with Crippen LogP contribution in [0.5, 0.6) is 0 Å². The SMILES string of the molecule is Cc1sc(Cc2ccc(F)cc2)nc1N. The fraction of sp³-hybridized carbons (Fsp3) is 0.182. The molecule has 78 valence electrons. The molecule has 1 aromatic heterocycles. The molecule has 0 atom stereocenters. The number of nitrogens with two attached hydrogens (primary N) is 1. The second kappa shape index (κ2) is 3.98. The number of nitrogens with zero attached hydrogens (tertiary/aromatic N) is 1. The van der Waals surface area contributed by atoms with Crippen molar-refractivity contribution in [3.63, 3.8) is 0 Å². The molecule has 1 heterocycles.